The molecule has 0 aromatic carbocycles. The summed E-state index contributed by atoms with van der Waals surface area (Å²) in [5.74, 6) is 2.92. The van der Waals surface area contributed by atoms with Gasteiger partial charge in [-0.2, -0.15) is 0 Å². The summed E-state index contributed by atoms with van der Waals surface area (Å²) >= 11 is 0. The Kier molecular flexibility index (Phi) is 9.54. The summed E-state index contributed by atoms with van der Waals surface area (Å²) in [6.45, 7) is 15.7. The lowest BCUT2D eigenvalue weighted by atomic mass is 9.75. The Morgan fingerprint density at radius 2 is 1.76 bits per heavy atom. The molecule has 3 atom stereocenters. The summed E-state index contributed by atoms with van der Waals surface area (Å²) in [5.41, 5.74) is 0. The van der Waals surface area contributed by atoms with Gasteiger partial charge >= 0.3 is 0 Å². The van der Waals surface area contributed by atoms with Gasteiger partial charge in [-0.15, -0.1) is 0 Å². The summed E-state index contributed by atoms with van der Waals surface area (Å²) in [4.78, 5) is 0. The topological polar surface area (TPSA) is 30.5 Å². The normalized spacial score (nSPS) is 26.7. The molecule has 3 nitrogen and oxygen atoms in total. The Labute approximate surface area is 132 Å². The van der Waals surface area contributed by atoms with E-state index in [1.54, 1.807) is 0 Å². The molecule has 1 saturated carbocycles. The maximum absolute atomic E-state index is 6.17. The first kappa shape index (κ1) is 18.9. The number of rotatable bonds is 10. The Balaban J connectivity index is 2.07. The minimum absolute atomic E-state index is 0.466. The molecule has 0 spiro atoms. The molecular weight excluding hydrogens is 262 g/mol. The highest BCUT2D eigenvalue weighted by Crippen LogP contribution is 2.35. The molecule has 0 aromatic rings. The molecule has 3 heteroatoms. The summed E-state index contributed by atoms with van der Waals surface area (Å²) < 4.78 is 11.7. The van der Waals surface area contributed by atoms with Crippen molar-refractivity contribution in [3.05, 3.63) is 0 Å². The second-order valence-corrected chi connectivity index (χ2v) is 7.45. The maximum atomic E-state index is 6.17. The number of hydrogen-bond acceptors (Lipinski definition) is 3. The van der Waals surface area contributed by atoms with Crippen molar-refractivity contribution in [3.63, 3.8) is 0 Å². The van der Waals surface area contributed by atoms with E-state index in [-0.39, 0.29) is 0 Å². The molecule has 0 heterocycles. The van der Waals surface area contributed by atoms with Crippen molar-refractivity contribution in [2.45, 2.75) is 60.0 Å². The van der Waals surface area contributed by atoms with Crippen LogP contribution in [-0.4, -0.2) is 39.0 Å². The summed E-state index contributed by atoms with van der Waals surface area (Å²) in [5, 5.41) is 3.40. The van der Waals surface area contributed by atoms with Crippen LogP contribution in [0.2, 0.25) is 0 Å². The van der Waals surface area contributed by atoms with Crippen LogP contribution in [0.3, 0.4) is 0 Å². The van der Waals surface area contributed by atoms with E-state index in [4.69, 9.17) is 9.47 Å². The predicted octanol–water partition coefficient (Wildman–Crippen LogP) is 3.73. The first-order chi connectivity index (χ1) is 10.0. The second-order valence-electron chi connectivity index (χ2n) is 7.45. The van der Waals surface area contributed by atoms with Gasteiger partial charge in [0.05, 0.1) is 19.3 Å². The third kappa shape index (κ3) is 8.18. The molecule has 1 aliphatic rings. The fraction of sp³-hybridized carbons (Fsp3) is 1.00. The van der Waals surface area contributed by atoms with Crippen molar-refractivity contribution in [1.29, 1.82) is 0 Å². The zero-order chi connectivity index (χ0) is 15.7. The lowest BCUT2D eigenvalue weighted by molar-refractivity contribution is -0.0369. The van der Waals surface area contributed by atoms with Crippen molar-refractivity contribution in [3.8, 4) is 0 Å². The third-order valence-corrected chi connectivity index (χ3v) is 4.45. The lowest BCUT2D eigenvalue weighted by Gasteiger charge is -2.37. The van der Waals surface area contributed by atoms with Crippen molar-refractivity contribution < 1.29 is 9.47 Å². The van der Waals surface area contributed by atoms with Crippen LogP contribution in [0.5, 0.6) is 0 Å². The molecule has 1 rings (SSSR count). The third-order valence-electron chi connectivity index (χ3n) is 4.45. The standard InChI is InChI=1S/C18H37NO2/c1-14(2)13-20-10-8-19-9-11-21-18-12-16(5)6-7-17(18)15(3)4/h14-19H,6-13H2,1-5H3/t16-,17+,18-/m1/s1. The van der Waals surface area contributed by atoms with Crippen molar-refractivity contribution in [2.24, 2.45) is 23.7 Å². The van der Waals surface area contributed by atoms with Crippen molar-refractivity contribution >= 4 is 0 Å². The van der Waals surface area contributed by atoms with Gasteiger partial charge in [0.1, 0.15) is 0 Å². The molecule has 0 radical (unpaired) electrons. The van der Waals surface area contributed by atoms with E-state index in [2.05, 4.69) is 39.9 Å². The van der Waals surface area contributed by atoms with Crippen LogP contribution >= 0.6 is 0 Å². The zero-order valence-corrected chi connectivity index (χ0v) is 14.9. The molecule has 0 bridgehead atoms. The van der Waals surface area contributed by atoms with Gasteiger partial charge in [0.15, 0.2) is 0 Å². The van der Waals surface area contributed by atoms with Crippen LogP contribution < -0.4 is 5.32 Å². The molecule has 0 saturated heterocycles. The Morgan fingerprint density at radius 1 is 1.05 bits per heavy atom. The van der Waals surface area contributed by atoms with Crippen LogP contribution in [0.25, 0.3) is 0 Å². The summed E-state index contributed by atoms with van der Waals surface area (Å²) in [6.07, 6.45) is 4.40. The number of hydrogen-bond donors (Lipinski definition) is 1. The van der Waals surface area contributed by atoms with E-state index < -0.39 is 0 Å². The van der Waals surface area contributed by atoms with Gasteiger partial charge in [-0.05, 0) is 36.5 Å². The van der Waals surface area contributed by atoms with E-state index >= 15 is 0 Å². The molecule has 1 N–H and O–H groups in total. The number of ether oxygens (including phenoxy) is 2. The van der Waals surface area contributed by atoms with Gasteiger partial charge < -0.3 is 14.8 Å². The minimum Gasteiger partial charge on any atom is -0.380 e. The summed E-state index contributed by atoms with van der Waals surface area (Å²) in [6, 6.07) is 0. The van der Waals surface area contributed by atoms with Crippen LogP contribution in [0.1, 0.15) is 53.9 Å². The highest BCUT2D eigenvalue weighted by molar-refractivity contribution is 4.81. The van der Waals surface area contributed by atoms with Gasteiger partial charge in [0.25, 0.3) is 0 Å². The summed E-state index contributed by atoms with van der Waals surface area (Å²) in [7, 11) is 0. The fourth-order valence-corrected chi connectivity index (χ4v) is 3.18. The van der Waals surface area contributed by atoms with E-state index in [9.17, 15) is 0 Å². The van der Waals surface area contributed by atoms with Gasteiger partial charge in [-0.25, -0.2) is 0 Å². The first-order valence-corrected chi connectivity index (χ1v) is 8.90. The minimum atomic E-state index is 0.466. The lowest BCUT2D eigenvalue weighted by Crippen LogP contribution is -2.36. The molecule has 1 fully saturated rings. The van der Waals surface area contributed by atoms with E-state index in [1.165, 1.54) is 19.3 Å². The maximum Gasteiger partial charge on any atom is 0.0608 e. The Hall–Kier alpha value is -0.120. The van der Waals surface area contributed by atoms with Gasteiger partial charge in [0.2, 0.25) is 0 Å². The first-order valence-electron chi connectivity index (χ1n) is 8.90. The quantitative estimate of drug-likeness (QED) is 0.624. The average Bonchev–Trinajstić information content (AvgIpc) is 2.41. The zero-order valence-electron chi connectivity index (χ0n) is 14.9. The van der Waals surface area contributed by atoms with Gasteiger partial charge in [0, 0.05) is 19.7 Å². The van der Waals surface area contributed by atoms with E-state index in [0.717, 1.165) is 50.7 Å². The van der Waals surface area contributed by atoms with Crippen LogP contribution in [0.15, 0.2) is 0 Å². The predicted molar refractivity (Wildman–Crippen MR) is 89.6 cm³/mol. The van der Waals surface area contributed by atoms with Crippen molar-refractivity contribution in [2.75, 3.05) is 32.9 Å². The largest absolute Gasteiger partial charge is 0.380 e. The van der Waals surface area contributed by atoms with E-state index in [1.807, 2.05) is 0 Å². The average molecular weight is 299 g/mol. The molecule has 21 heavy (non-hydrogen) atoms. The van der Waals surface area contributed by atoms with Crippen molar-refractivity contribution in [1.82, 2.24) is 5.32 Å². The molecule has 126 valence electrons. The molecule has 0 unspecified atom stereocenters. The molecule has 0 aliphatic heterocycles. The second kappa shape index (κ2) is 10.6. The highest BCUT2D eigenvalue weighted by atomic mass is 16.5. The molecule has 0 amide bonds. The molecular formula is C18H37NO2. The fourth-order valence-electron chi connectivity index (χ4n) is 3.18. The smallest absolute Gasteiger partial charge is 0.0608 e. The Morgan fingerprint density at radius 3 is 2.43 bits per heavy atom. The van der Waals surface area contributed by atoms with Crippen LogP contribution in [-0.2, 0) is 9.47 Å². The SMILES string of the molecule is CC(C)COCCNCCO[C@@H]1C[C@H](C)CC[C@H]1C(C)C. The monoisotopic (exact) mass is 299 g/mol. The van der Waals surface area contributed by atoms with E-state index in [0.29, 0.717) is 12.0 Å². The van der Waals surface area contributed by atoms with Gasteiger partial charge in [-0.3, -0.25) is 0 Å². The Bertz CT molecular complexity index is 256. The van der Waals surface area contributed by atoms with Gasteiger partial charge in [-0.1, -0.05) is 41.0 Å². The number of nitrogens with one attached hydrogen (secondary N) is 1. The van der Waals surface area contributed by atoms with Crippen LogP contribution in [0.4, 0.5) is 0 Å². The van der Waals surface area contributed by atoms with Crippen LogP contribution in [0, 0.1) is 23.7 Å². The molecule has 0 aromatic heterocycles. The highest BCUT2D eigenvalue weighted by Gasteiger charge is 2.31. The molecule has 1 aliphatic carbocycles.